The molecule has 494 valence electrons. The normalized spacial score (nSPS) is 37.8. The first-order valence-electron chi connectivity index (χ1n) is 37.5. The third-order valence-electron chi connectivity index (χ3n) is 29.2. The summed E-state index contributed by atoms with van der Waals surface area (Å²) in [5.74, 6) is 1.56. The molecule has 7 nitrogen and oxygen atoms in total. The van der Waals surface area contributed by atoms with E-state index >= 15 is 0 Å². The second-order valence-electron chi connectivity index (χ2n) is 33.1. The van der Waals surface area contributed by atoms with Gasteiger partial charge in [0.15, 0.2) is 0 Å². The predicted octanol–water partition coefficient (Wildman–Crippen LogP) is 16.3. The Labute approximate surface area is 561 Å². The molecular formula is C87H106N2O5. The zero-order chi connectivity index (χ0) is 64.2. The lowest BCUT2D eigenvalue weighted by Gasteiger charge is -2.76. The number of carboxylic acid groups (broad SMARTS) is 1. The van der Waals surface area contributed by atoms with Crippen molar-refractivity contribution in [2.45, 2.75) is 192 Å². The highest BCUT2D eigenvalue weighted by Gasteiger charge is 2.81. The number of carboxylic acids is 1. The second kappa shape index (κ2) is 24.5. The van der Waals surface area contributed by atoms with E-state index in [1.807, 2.05) is 0 Å². The molecular weight excluding hydrogens is 1150 g/mol. The zero-order valence-corrected chi connectivity index (χ0v) is 56.8. The molecule has 0 saturated heterocycles. The van der Waals surface area contributed by atoms with Crippen molar-refractivity contribution in [3.63, 3.8) is 0 Å². The first-order chi connectivity index (χ1) is 45.7. The summed E-state index contributed by atoms with van der Waals surface area (Å²) in [5, 5.41) is 49.3. The minimum Gasteiger partial charge on any atom is -0.481 e. The summed E-state index contributed by atoms with van der Waals surface area (Å²) < 4.78 is 5.54. The number of fused-ring (bicyclic) bond motifs is 1. The highest BCUT2D eigenvalue weighted by Crippen LogP contribution is 2.87. The highest BCUT2D eigenvalue weighted by atomic mass is 16.5. The van der Waals surface area contributed by atoms with Crippen molar-refractivity contribution in [2.75, 3.05) is 26.8 Å². The van der Waals surface area contributed by atoms with Crippen molar-refractivity contribution in [1.82, 2.24) is 10.6 Å². The molecule has 0 unspecified atom stereocenters. The fourth-order valence-electron chi connectivity index (χ4n) is 25.4. The molecule has 94 heavy (non-hydrogen) atoms. The van der Waals surface area contributed by atoms with Crippen LogP contribution in [0, 0.1) is 79.8 Å². The first kappa shape index (κ1) is 62.8. The molecule has 4 aromatic carbocycles. The van der Waals surface area contributed by atoms with Gasteiger partial charge in [0.25, 0.3) is 0 Å². The van der Waals surface area contributed by atoms with E-state index in [9.17, 15) is 20.1 Å². The predicted molar refractivity (Wildman–Crippen MR) is 379 cm³/mol. The summed E-state index contributed by atoms with van der Waals surface area (Å²) in [5.41, 5.74) is 13.6. The van der Waals surface area contributed by atoms with Gasteiger partial charge in [0.05, 0.1) is 30.6 Å². The van der Waals surface area contributed by atoms with Crippen molar-refractivity contribution in [3.05, 3.63) is 206 Å². The summed E-state index contributed by atoms with van der Waals surface area (Å²) in [6, 6.07) is 39.5. The van der Waals surface area contributed by atoms with Gasteiger partial charge in [-0.25, -0.2) is 0 Å². The number of hydrogen-bond donors (Lipinski definition) is 5. The molecule has 10 aliphatic carbocycles. The number of nitrogens with one attached hydrogen (secondary N) is 2. The van der Waals surface area contributed by atoms with Crippen LogP contribution in [0.4, 0.5) is 0 Å². The largest absolute Gasteiger partial charge is 0.481 e. The minimum absolute atomic E-state index is 0.0960. The molecule has 4 aromatic rings. The Morgan fingerprint density at radius 3 is 2.36 bits per heavy atom. The Kier molecular flexibility index (Phi) is 16.4. The molecule has 6 aliphatic heterocycles. The van der Waals surface area contributed by atoms with E-state index in [1.54, 1.807) is 18.3 Å². The van der Waals surface area contributed by atoms with Crippen LogP contribution in [0.2, 0.25) is 0 Å². The van der Waals surface area contributed by atoms with Crippen molar-refractivity contribution < 1.29 is 24.9 Å². The highest BCUT2D eigenvalue weighted by molar-refractivity contribution is 5.78. The summed E-state index contributed by atoms with van der Waals surface area (Å²) >= 11 is 0. The van der Waals surface area contributed by atoms with Gasteiger partial charge in [0, 0.05) is 53.7 Å². The molecule has 7 heteroatoms. The summed E-state index contributed by atoms with van der Waals surface area (Å²) in [6.07, 6.45) is 39.1. The van der Waals surface area contributed by atoms with Crippen LogP contribution >= 0.6 is 0 Å². The lowest BCUT2D eigenvalue weighted by Crippen LogP contribution is -2.70. The van der Waals surface area contributed by atoms with E-state index in [2.05, 4.69) is 164 Å². The number of dihydropyridines is 1. The Balaban J connectivity index is 0.874. The van der Waals surface area contributed by atoms with Gasteiger partial charge >= 0.3 is 5.97 Å². The van der Waals surface area contributed by atoms with Crippen LogP contribution in [0.25, 0.3) is 17.2 Å². The molecule has 5 saturated carbocycles. The van der Waals surface area contributed by atoms with E-state index in [0.29, 0.717) is 49.5 Å². The number of carbonyl (C=O) groups is 1. The quantitative estimate of drug-likeness (QED) is 0.101. The molecule has 5 fully saturated rings. The van der Waals surface area contributed by atoms with Gasteiger partial charge in [-0.3, -0.25) is 4.79 Å². The maximum atomic E-state index is 14.9. The van der Waals surface area contributed by atoms with Gasteiger partial charge in [-0.1, -0.05) is 190 Å². The molecule has 0 aromatic heterocycles. The number of aliphatic hydroxyl groups is 2. The summed E-state index contributed by atoms with van der Waals surface area (Å²) in [7, 11) is 1.80. The van der Waals surface area contributed by atoms with Crippen LogP contribution < -0.4 is 21.1 Å². The van der Waals surface area contributed by atoms with Gasteiger partial charge in [0.1, 0.15) is 0 Å². The van der Waals surface area contributed by atoms with E-state index < -0.39 is 46.3 Å². The van der Waals surface area contributed by atoms with Gasteiger partial charge in [-0.15, -0.1) is 0 Å². The number of ether oxygens (including phenoxy) is 1. The van der Waals surface area contributed by atoms with E-state index in [4.69, 9.17) is 11.3 Å². The summed E-state index contributed by atoms with van der Waals surface area (Å²) in [4.78, 5) is 14.9. The van der Waals surface area contributed by atoms with Gasteiger partial charge in [0.2, 0.25) is 0 Å². The van der Waals surface area contributed by atoms with Gasteiger partial charge in [-0.2, -0.15) is 0 Å². The molecule has 14 atom stereocenters. The van der Waals surface area contributed by atoms with Crippen molar-refractivity contribution >= 4 is 23.2 Å². The SMILES string of the molecule is C=C1CC[C@@H](C(=O)O)[C@H]2[C@H](O)C[C@]34C5=C(C[C@H](CCC36CCC([C@@H](CCc3ccccc3)c3ccc(CCOC)cc3)CC6)[C@]24C)[C@]23CC[C@H](O)[C@@]4(C)CC=C[C@@](C=C6C(=c7ccccc7=C[C@H]62)Cc2cccc(c2)C2=CC=C(NCCC[C@H]1C1CCCCC1)NC2)(C5)[C@@H]43. The molecule has 20 rings (SSSR count). The molecule has 0 radical (unpaired) electrons. The Hall–Kier alpha value is -5.99. The lowest BCUT2D eigenvalue weighted by atomic mass is 9.27. The molecule has 0 amide bonds. The van der Waals surface area contributed by atoms with Gasteiger partial charge < -0.3 is 30.7 Å². The fourth-order valence-corrected chi connectivity index (χ4v) is 25.4. The fraction of sp³-hybridized carbons (Fsp3) is 0.552. The number of aryl methyl sites for hydroxylation is 1. The smallest absolute Gasteiger partial charge is 0.306 e. The van der Waals surface area contributed by atoms with Crippen molar-refractivity contribution in [1.29, 1.82) is 0 Å². The molecule has 3 spiro atoms. The number of methoxy groups -OCH3 is 1. The average Bonchev–Trinajstić information content (AvgIpc) is 1.12. The lowest BCUT2D eigenvalue weighted by molar-refractivity contribution is -0.198. The molecule has 6 heterocycles. The Morgan fingerprint density at radius 1 is 0.787 bits per heavy atom. The van der Waals surface area contributed by atoms with Crippen molar-refractivity contribution in [3.8, 4) is 0 Å². The maximum Gasteiger partial charge on any atom is 0.306 e. The monoisotopic (exact) mass is 1260 g/mol. The molecule has 15 bridgehead atoms. The van der Waals surface area contributed by atoms with E-state index in [0.717, 1.165) is 128 Å². The third-order valence-corrected chi connectivity index (χ3v) is 29.2. The third kappa shape index (κ3) is 9.87. The van der Waals surface area contributed by atoms with Crippen LogP contribution in [0.1, 0.15) is 189 Å². The Bertz CT molecular complexity index is 3870. The number of rotatable bonds is 10. The standard InChI is InChI=1S/C87H106N2O5/c1-56-25-32-70(80(92)93)79-76(90)54-87-75-53-84-41-15-40-82(2)77(91)38-45-86(81(82)84,74(75)51-66(83(79,87)3)37-44-85(87)42-35-62(36-43-85)68(33-28-57-16-7-5-8-17-57)61-29-26-58(27-30-61)39-47-94-4)73-50-64-21-11-12-23-69(64)71(72(73)52-84)49-59-18-13-22-63(48-59)65-31-34-78(89-55-65)88-46-14-24-67(56)60-19-9-6-10-20-60/h5,7-8,11-13,15-18,21-23,26-27,29-31,34,41,48,50,52,60,62,66-68,70,73,76-77,79,81,88-91H,1,6,9-10,14,19-20,24-25,28,32-33,35-40,42-47,49,51,53-55H2,2-4H3,(H,92,93)/t62?,66-,67+,68-,70+,73+,76+,77-,79-,81+,82+,83+,84+,85?,86-,87+/m0/s1. The van der Waals surface area contributed by atoms with E-state index in [1.165, 1.54) is 92.7 Å². The Morgan fingerprint density at radius 2 is 1.57 bits per heavy atom. The number of aliphatic carboxylic acids is 1. The molecule has 16 aliphatic rings. The maximum absolute atomic E-state index is 14.9. The zero-order valence-electron chi connectivity index (χ0n) is 56.8. The van der Waals surface area contributed by atoms with Crippen LogP contribution in [-0.4, -0.2) is 60.3 Å². The van der Waals surface area contributed by atoms with Crippen LogP contribution in [0.15, 0.2) is 168 Å². The number of aliphatic hydroxyl groups excluding tert-OH is 2. The number of allylic oxidation sites excluding steroid dienone is 9. The minimum atomic E-state index is -0.754. The molecule has 5 N–H and O–H groups in total. The second-order valence-corrected chi connectivity index (χ2v) is 33.1. The van der Waals surface area contributed by atoms with Crippen LogP contribution in [-0.2, 0) is 28.8 Å². The van der Waals surface area contributed by atoms with Crippen LogP contribution in [0.3, 0.4) is 0 Å². The topological polar surface area (TPSA) is 111 Å². The van der Waals surface area contributed by atoms with E-state index in [-0.39, 0.29) is 34.0 Å². The average molecular weight is 1260 g/mol. The summed E-state index contributed by atoms with van der Waals surface area (Å²) in [6.45, 7) is 12.4. The number of benzene rings is 4. The van der Waals surface area contributed by atoms with Crippen LogP contribution in [0.5, 0.6) is 0 Å². The first-order valence-corrected chi connectivity index (χ1v) is 37.5. The van der Waals surface area contributed by atoms with Gasteiger partial charge in [-0.05, 0) is 249 Å². The van der Waals surface area contributed by atoms with Crippen molar-refractivity contribution in [2.24, 2.45) is 79.8 Å². The number of hydrogen-bond acceptors (Lipinski definition) is 6.